The Hall–Kier alpha value is -2.34. The van der Waals surface area contributed by atoms with Gasteiger partial charge in [0.15, 0.2) is 5.11 Å². The molecule has 0 saturated carbocycles. The van der Waals surface area contributed by atoms with Gasteiger partial charge in [0.25, 0.3) is 0 Å². The number of thiocarbonyl (C=S) groups is 1. The van der Waals surface area contributed by atoms with Crippen LogP contribution in [0.25, 0.3) is 11.3 Å². The van der Waals surface area contributed by atoms with Crippen LogP contribution in [0.4, 0.5) is 5.69 Å². The van der Waals surface area contributed by atoms with Gasteiger partial charge < -0.3 is 9.73 Å². The Labute approximate surface area is 160 Å². The summed E-state index contributed by atoms with van der Waals surface area (Å²) in [6, 6.07) is 18.4. The molecule has 0 amide bonds. The van der Waals surface area contributed by atoms with Crippen LogP contribution in [0.1, 0.15) is 5.76 Å². The number of nitrogens with zero attached hydrogens (tertiary/aromatic N) is 1. The molecule has 0 fully saturated rings. The summed E-state index contributed by atoms with van der Waals surface area (Å²) >= 11 is 17.3. The molecule has 4 nitrogen and oxygen atoms in total. The Bertz CT molecular complexity index is 910. The van der Waals surface area contributed by atoms with Gasteiger partial charge in [0.2, 0.25) is 0 Å². The van der Waals surface area contributed by atoms with Gasteiger partial charge in [-0.05, 0) is 54.7 Å². The molecule has 0 saturated heterocycles. The highest BCUT2D eigenvalue weighted by Crippen LogP contribution is 2.31. The maximum absolute atomic E-state index is 6.17. The Morgan fingerprint density at radius 2 is 1.84 bits per heavy atom. The number of rotatable bonds is 4. The number of furan rings is 1. The molecule has 126 valence electrons. The first-order valence-corrected chi connectivity index (χ1v) is 8.48. The van der Waals surface area contributed by atoms with E-state index in [4.69, 9.17) is 39.8 Å². The zero-order chi connectivity index (χ0) is 17.6. The number of hydrogen-bond donors (Lipinski definition) is 2. The molecule has 3 aromatic rings. The van der Waals surface area contributed by atoms with E-state index in [2.05, 4.69) is 15.8 Å². The van der Waals surface area contributed by atoms with Crippen molar-refractivity contribution in [3.05, 3.63) is 76.5 Å². The monoisotopic (exact) mass is 389 g/mol. The first kappa shape index (κ1) is 17.5. The van der Waals surface area contributed by atoms with Crippen LogP contribution in [0, 0.1) is 0 Å². The lowest BCUT2D eigenvalue weighted by Gasteiger charge is -2.05. The van der Waals surface area contributed by atoms with Crippen molar-refractivity contribution < 1.29 is 4.42 Å². The Kier molecular flexibility index (Phi) is 5.71. The predicted octanol–water partition coefficient (Wildman–Crippen LogP) is 5.57. The van der Waals surface area contributed by atoms with E-state index < -0.39 is 0 Å². The minimum Gasteiger partial charge on any atom is -0.455 e. The second-order valence-corrected chi connectivity index (χ2v) is 6.27. The highest BCUT2D eigenvalue weighted by molar-refractivity contribution is 7.80. The van der Waals surface area contributed by atoms with Crippen molar-refractivity contribution in [2.24, 2.45) is 5.10 Å². The van der Waals surface area contributed by atoms with Crippen molar-refractivity contribution in [3.63, 3.8) is 0 Å². The van der Waals surface area contributed by atoms with Gasteiger partial charge in [-0.3, -0.25) is 5.43 Å². The summed E-state index contributed by atoms with van der Waals surface area (Å²) in [6.07, 6.45) is 1.53. The number of nitrogens with one attached hydrogen (secondary N) is 2. The number of para-hydroxylation sites is 1. The topological polar surface area (TPSA) is 49.6 Å². The summed E-state index contributed by atoms with van der Waals surface area (Å²) in [5, 5.41) is 8.60. The molecule has 1 heterocycles. The lowest BCUT2D eigenvalue weighted by molar-refractivity contribution is 0.574. The van der Waals surface area contributed by atoms with Crippen LogP contribution >= 0.6 is 35.4 Å². The number of anilines is 1. The summed E-state index contributed by atoms with van der Waals surface area (Å²) in [5.74, 6) is 1.17. The van der Waals surface area contributed by atoms with Gasteiger partial charge in [0.1, 0.15) is 11.5 Å². The molecule has 3 rings (SSSR count). The summed E-state index contributed by atoms with van der Waals surface area (Å²) in [4.78, 5) is 0. The van der Waals surface area contributed by atoms with Crippen molar-refractivity contribution in [1.29, 1.82) is 0 Å². The fraction of sp³-hybridized carbons (Fsp3) is 0. The van der Waals surface area contributed by atoms with Crippen LogP contribution in [0.5, 0.6) is 0 Å². The lowest BCUT2D eigenvalue weighted by atomic mass is 10.2. The van der Waals surface area contributed by atoms with Crippen molar-refractivity contribution in [3.8, 4) is 11.3 Å². The average molecular weight is 390 g/mol. The van der Waals surface area contributed by atoms with E-state index in [9.17, 15) is 0 Å². The van der Waals surface area contributed by atoms with Gasteiger partial charge >= 0.3 is 0 Å². The Balaban J connectivity index is 1.62. The third-order valence-corrected chi connectivity index (χ3v) is 3.97. The highest BCUT2D eigenvalue weighted by atomic mass is 35.5. The SMILES string of the molecule is S=C(N/N=C/c1ccc(-c2cc(Cl)ccc2Cl)o1)Nc1ccccc1. The van der Waals surface area contributed by atoms with Crippen molar-refractivity contribution in [2.75, 3.05) is 5.32 Å². The van der Waals surface area contributed by atoms with E-state index in [0.29, 0.717) is 26.7 Å². The number of hydrazone groups is 1. The standard InChI is InChI=1S/C18H13Cl2N3OS/c19-12-6-8-16(20)15(10-12)17-9-7-14(24-17)11-21-23-18(25)22-13-4-2-1-3-5-13/h1-11H,(H2,22,23,25)/b21-11+. The van der Waals surface area contributed by atoms with Crippen LogP contribution < -0.4 is 10.7 Å². The van der Waals surface area contributed by atoms with Gasteiger partial charge in [0.05, 0.1) is 11.2 Å². The molecule has 0 aliphatic rings. The van der Waals surface area contributed by atoms with E-state index >= 15 is 0 Å². The molecule has 0 bridgehead atoms. The molecule has 0 aliphatic carbocycles. The number of hydrogen-bond acceptors (Lipinski definition) is 3. The van der Waals surface area contributed by atoms with E-state index in [0.717, 1.165) is 11.3 Å². The normalized spacial score (nSPS) is 10.8. The average Bonchev–Trinajstić information content (AvgIpc) is 3.06. The summed E-state index contributed by atoms with van der Waals surface area (Å²) < 4.78 is 5.71. The van der Waals surface area contributed by atoms with Crippen LogP contribution in [-0.2, 0) is 0 Å². The lowest BCUT2D eigenvalue weighted by Crippen LogP contribution is -2.23. The van der Waals surface area contributed by atoms with Gasteiger partial charge in [-0.2, -0.15) is 5.10 Å². The Morgan fingerprint density at radius 3 is 2.64 bits per heavy atom. The van der Waals surface area contributed by atoms with Gasteiger partial charge in [0, 0.05) is 16.3 Å². The van der Waals surface area contributed by atoms with E-state index in [-0.39, 0.29) is 0 Å². The molecule has 1 aromatic heterocycles. The Morgan fingerprint density at radius 1 is 1.04 bits per heavy atom. The smallest absolute Gasteiger partial charge is 0.191 e. The van der Waals surface area contributed by atoms with E-state index in [1.54, 1.807) is 30.3 Å². The summed E-state index contributed by atoms with van der Waals surface area (Å²) in [7, 11) is 0. The summed E-state index contributed by atoms with van der Waals surface area (Å²) in [5.41, 5.74) is 4.34. The first-order chi connectivity index (χ1) is 12.1. The zero-order valence-electron chi connectivity index (χ0n) is 12.9. The minimum absolute atomic E-state index is 0.382. The van der Waals surface area contributed by atoms with Crippen molar-refractivity contribution >= 4 is 52.4 Å². The zero-order valence-corrected chi connectivity index (χ0v) is 15.2. The van der Waals surface area contributed by atoms with E-state index in [1.165, 1.54) is 6.21 Å². The highest BCUT2D eigenvalue weighted by Gasteiger charge is 2.08. The van der Waals surface area contributed by atoms with Crippen molar-refractivity contribution in [2.45, 2.75) is 0 Å². The molecule has 0 spiro atoms. The molecule has 7 heteroatoms. The van der Waals surface area contributed by atoms with Crippen LogP contribution in [0.3, 0.4) is 0 Å². The molecular formula is C18H13Cl2N3OS. The van der Waals surface area contributed by atoms with Crippen LogP contribution in [0.2, 0.25) is 10.0 Å². The molecule has 0 unspecified atom stereocenters. The largest absolute Gasteiger partial charge is 0.455 e. The van der Waals surface area contributed by atoms with Gasteiger partial charge in [-0.15, -0.1) is 0 Å². The minimum atomic E-state index is 0.382. The number of halogens is 2. The third-order valence-electron chi connectivity index (χ3n) is 3.21. The fourth-order valence-electron chi connectivity index (χ4n) is 2.09. The molecule has 2 aromatic carbocycles. The number of benzene rings is 2. The first-order valence-electron chi connectivity index (χ1n) is 7.32. The molecule has 2 N–H and O–H groups in total. The molecule has 25 heavy (non-hydrogen) atoms. The summed E-state index contributed by atoms with van der Waals surface area (Å²) in [6.45, 7) is 0. The maximum atomic E-state index is 6.17. The second kappa shape index (κ2) is 8.16. The van der Waals surface area contributed by atoms with Crippen molar-refractivity contribution in [1.82, 2.24) is 5.43 Å². The molecule has 0 aliphatic heterocycles. The van der Waals surface area contributed by atoms with Crippen LogP contribution in [-0.4, -0.2) is 11.3 Å². The van der Waals surface area contributed by atoms with Crippen LogP contribution in [0.15, 0.2) is 70.2 Å². The maximum Gasteiger partial charge on any atom is 0.191 e. The van der Waals surface area contributed by atoms with E-state index in [1.807, 2.05) is 30.3 Å². The van der Waals surface area contributed by atoms with Gasteiger partial charge in [-0.25, -0.2) is 0 Å². The quantitative estimate of drug-likeness (QED) is 0.347. The third kappa shape index (κ3) is 4.82. The molecule has 0 atom stereocenters. The predicted molar refractivity (Wildman–Crippen MR) is 108 cm³/mol. The van der Waals surface area contributed by atoms with Gasteiger partial charge in [-0.1, -0.05) is 41.4 Å². The fourth-order valence-corrected chi connectivity index (χ4v) is 2.64. The molecular weight excluding hydrogens is 377 g/mol. The second-order valence-electron chi connectivity index (χ2n) is 5.02. The molecule has 0 radical (unpaired) electrons.